The van der Waals surface area contributed by atoms with E-state index in [0.717, 1.165) is 25.5 Å². The van der Waals surface area contributed by atoms with Gasteiger partial charge in [-0.1, -0.05) is 36.4 Å². The molecule has 0 unspecified atom stereocenters. The SMILES string of the molecule is Cc1ccc([N+](=O)[O-])cc1S(=O)(=O)N1CCN(CCCc2ccccc2)CC1. The summed E-state index contributed by atoms with van der Waals surface area (Å²) >= 11 is 0. The molecular formula is C20H25N3O4S. The molecule has 0 aromatic heterocycles. The Morgan fingerprint density at radius 2 is 1.71 bits per heavy atom. The highest BCUT2D eigenvalue weighted by atomic mass is 32.2. The molecule has 1 fully saturated rings. The Morgan fingerprint density at radius 1 is 1.04 bits per heavy atom. The molecule has 0 bridgehead atoms. The maximum atomic E-state index is 13.0. The number of non-ortho nitro benzene ring substituents is 1. The smallest absolute Gasteiger partial charge is 0.270 e. The van der Waals surface area contributed by atoms with E-state index in [1.807, 2.05) is 18.2 Å². The summed E-state index contributed by atoms with van der Waals surface area (Å²) in [5.41, 5.74) is 1.63. The van der Waals surface area contributed by atoms with Crippen LogP contribution < -0.4 is 0 Å². The highest BCUT2D eigenvalue weighted by Gasteiger charge is 2.30. The molecule has 28 heavy (non-hydrogen) atoms. The lowest BCUT2D eigenvalue weighted by Gasteiger charge is -2.34. The molecule has 0 atom stereocenters. The third kappa shape index (κ3) is 4.76. The van der Waals surface area contributed by atoms with Gasteiger partial charge in [-0.2, -0.15) is 4.31 Å². The van der Waals surface area contributed by atoms with Crippen molar-refractivity contribution in [2.75, 3.05) is 32.7 Å². The lowest BCUT2D eigenvalue weighted by molar-refractivity contribution is -0.385. The Kier molecular flexibility index (Phi) is 6.43. The summed E-state index contributed by atoms with van der Waals surface area (Å²) in [5, 5.41) is 11.0. The third-order valence-electron chi connectivity index (χ3n) is 5.11. The molecular weight excluding hydrogens is 378 g/mol. The molecule has 0 aliphatic carbocycles. The normalized spacial score (nSPS) is 16.2. The van der Waals surface area contributed by atoms with E-state index in [2.05, 4.69) is 17.0 Å². The average molecular weight is 404 g/mol. The minimum absolute atomic E-state index is 0.0271. The van der Waals surface area contributed by atoms with Gasteiger partial charge in [0.25, 0.3) is 5.69 Å². The first-order valence-electron chi connectivity index (χ1n) is 9.39. The van der Waals surface area contributed by atoms with Gasteiger partial charge in [0.1, 0.15) is 0 Å². The molecule has 3 rings (SSSR count). The van der Waals surface area contributed by atoms with Crippen LogP contribution in [-0.4, -0.2) is 55.3 Å². The van der Waals surface area contributed by atoms with Gasteiger partial charge in [-0.05, 0) is 37.4 Å². The monoisotopic (exact) mass is 403 g/mol. The van der Waals surface area contributed by atoms with Crippen LogP contribution >= 0.6 is 0 Å². The fourth-order valence-electron chi connectivity index (χ4n) is 3.46. The standard InChI is InChI=1S/C20H25N3O4S/c1-17-9-10-19(23(24)25)16-20(17)28(26,27)22-14-12-21(13-15-22)11-5-8-18-6-3-2-4-7-18/h2-4,6-7,9-10,16H,5,8,11-15H2,1H3. The second-order valence-electron chi connectivity index (χ2n) is 7.04. The van der Waals surface area contributed by atoms with Crippen LogP contribution in [0.4, 0.5) is 5.69 Å². The summed E-state index contributed by atoms with van der Waals surface area (Å²) in [4.78, 5) is 12.7. The Balaban J connectivity index is 1.58. The molecule has 1 saturated heterocycles. The minimum Gasteiger partial charge on any atom is -0.301 e. The van der Waals surface area contributed by atoms with Crippen molar-refractivity contribution in [1.82, 2.24) is 9.21 Å². The van der Waals surface area contributed by atoms with Crippen LogP contribution in [-0.2, 0) is 16.4 Å². The molecule has 0 N–H and O–H groups in total. The summed E-state index contributed by atoms with van der Waals surface area (Å²) in [6, 6.07) is 14.3. The van der Waals surface area contributed by atoms with Crippen molar-refractivity contribution in [2.45, 2.75) is 24.7 Å². The summed E-state index contributed by atoms with van der Waals surface area (Å²) in [6.07, 6.45) is 2.03. The van der Waals surface area contributed by atoms with Crippen LogP contribution in [0.3, 0.4) is 0 Å². The maximum absolute atomic E-state index is 13.0. The van der Waals surface area contributed by atoms with Gasteiger partial charge in [0, 0.05) is 38.3 Å². The first-order valence-corrected chi connectivity index (χ1v) is 10.8. The zero-order valence-corrected chi connectivity index (χ0v) is 16.8. The zero-order chi connectivity index (χ0) is 20.1. The molecule has 0 radical (unpaired) electrons. The van der Waals surface area contributed by atoms with Crippen LogP contribution in [0.15, 0.2) is 53.4 Å². The predicted molar refractivity (Wildman–Crippen MR) is 108 cm³/mol. The van der Waals surface area contributed by atoms with Gasteiger partial charge in [-0.3, -0.25) is 10.1 Å². The van der Waals surface area contributed by atoms with Crippen LogP contribution in [0.1, 0.15) is 17.5 Å². The second kappa shape index (κ2) is 8.81. The number of nitro benzene ring substituents is 1. The molecule has 0 spiro atoms. The predicted octanol–water partition coefficient (Wildman–Crippen LogP) is 2.84. The van der Waals surface area contributed by atoms with Gasteiger partial charge in [0.05, 0.1) is 9.82 Å². The molecule has 1 heterocycles. The Morgan fingerprint density at radius 3 is 2.36 bits per heavy atom. The van der Waals surface area contributed by atoms with Gasteiger partial charge in [0.2, 0.25) is 10.0 Å². The molecule has 7 nitrogen and oxygen atoms in total. The number of benzene rings is 2. The van der Waals surface area contributed by atoms with E-state index in [1.165, 1.54) is 22.0 Å². The Labute approximate surface area is 165 Å². The summed E-state index contributed by atoms with van der Waals surface area (Å²) in [6.45, 7) is 4.73. The number of nitro groups is 1. The topological polar surface area (TPSA) is 83.8 Å². The van der Waals surface area contributed by atoms with E-state index in [0.29, 0.717) is 31.7 Å². The Hall–Kier alpha value is -2.29. The van der Waals surface area contributed by atoms with Crippen LogP contribution in [0.25, 0.3) is 0 Å². The number of piperazine rings is 1. The third-order valence-corrected chi connectivity index (χ3v) is 7.15. The lowest BCUT2D eigenvalue weighted by Crippen LogP contribution is -2.48. The lowest BCUT2D eigenvalue weighted by atomic mass is 10.1. The molecule has 8 heteroatoms. The second-order valence-corrected chi connectivity index (χ2v) is 8.95. The van der Waals surface area contributed by atoms with Crippen LogP contribution in [0.5, 0.6) is 0 Å². The largest absolute Gasteiger partial charge is 0.301 e. The highest BCUT2D eigenvalue weighted by molar-refractivity contribution is 7.89. The summed E-state index contributed by atoms with van der Waals surface area (Å²) in [5.74, 6) is 0. The summed E-state index contributed by atoms with van der Waals surface area (Å²) < 4.78 is 27.4. The van der Waals surface area contributed by atoms with E-state index in [-0.39, 0.29) is 10.6 Å². The van der Waals surface area contributed by atoms with Crippen molar-refractivity contribution in [3.05, 3.63) is 69.8 Å². The minimum atomic E-state index is -3.73. The number of hydrogen-bond donors (Lipinski definition) is 0. The fraction of sp³-hybridized carbons (Fsp3) is 0.400. The van der Waals surface area contributed by atoms with E-state index >= 15 is 0 Å². The molecule has 1 aliphatic rings. The quantitative estimate of drug-likeness (QED) is 0.524. The first-order chi connectivity index (χ1) is 13.4. The molecule has 2 aromatic rings. The van der Waals surface area contributed by atoms with Crippen molar-refractivity contribution in [3.63, 3.8) is 0 Å². The fourth-order valence-corrected chi connectivity index (χ4v) is 5.13. The van der Waals surface area contributed by atoms with Gasteiger partial charge in [0.15, 0.2) is 0 Å². The van der Waals surface area contributed by atoms with Gasteiger partial charge in [-0.15, -0.1) is 0 Å². The van der Waals surface area contributed by atoms with E-state index < -0.39 is 14.9 Å². The zero-order valence-electron chi connectivity index (χ0n) is 16.0. The molecule has 2 aromatic carbocycles. The number of aryl methyl sites for hydroxylation is 2. The van der Waals surface area contributed by atoms with E-state index in [4.69, 9.17) is 0 Å². The summed E-state index contributed by atoms with van der Waals surface area (Å²) in [7, 11) is -3.73. The Bertz CT molecular complexity index is 924. The van der Waals surface area contributed by atoms with Crippen molar-refractivity contribution in [2.24, 2.45) is 0 Å². The number of rotatable bonds is 7. The molecule has 1 aliphatic heterocycles. The van der Waals surface area contributed by atoms with Gasteiger partial charge < -0.3 is 4.90 Å². The number of hydrogen-bond acceptors (Lipinski definition) is 5. The van der Waals surface area contributed by atoms with Gasteiger partial charge in [-0.25, -0.2) is 8.42 Å². The van der Waals surface area contributed by atoms with Crippen molar-refractivity contribution in [3.8, 4) is 0 Å². The molecule has 150 valence electrons. The average Bonchev–Trinajstić information content (AvgIpc) is 2.69. The van der Waals surface area contributed by atoms with Crippen molar-refractivity contribution < 1.29 is 13.3 Å². The van der Waals surface area contributed by atoms with Gasteiger partial charge >= 0.3 is 0 Å². The molecule has 0 saturated carbocycles. The first kappa shape index (κ1) is 20.4. The van der Waals surface area contributed by atoms with E-state index in [1.54, 1.807) is 6.92 Å². The highest BCUT2D eigenvalue weighted by Crippen LogP contribution is 2.25. The van der Waals surface area contributed by atoms with Crippen LogP contribution in [0.2, 0.25) is 0 Å². The van der Waals surface area contributed by atoms with Crippen molar-refractivity contribution >= 4 is 15.7 Å². The maximum Gasteiger partial charge on any atom is 0.270 e. The number of nitrogens with zero attached hydrogens (tertiary/aromatic N) is 3. The number of sulfonamides is 1. The molecule has 0 amide bonds. The van der Waals surface area contributed by atoms with E-state index in [9.17, 15) is 18.5 Å². The van der Waals surface area contributed by atoms with Crippen LogP contribution in [0, 0.1) is 17.0 Å². The van der Waals surface area contributed by atoms with Crippen molar-refractivity contribution in [1.29, 1.82) is 0 Å².